The molecular weight excluding hydrogens is 245 g/mol. The predicted molar refractivity (Wildman–Crippen MR) is 76.3 cm³/mol. The molecule has 0 aliphatic carbocycles. The van der Waals surface area contributed by atoms with E-state index in [0.29, 0.717) is 11.1 Å². The molecule has 1 nitrogen and oxygen atoms in total. The molecule has 0 amide bonds. The Morgan fingerprint density at radius 2 is 2.06 bits per heavy atom. The van der Waals surface area contributed by atoms with Gasteiger partial charge in [-0.2, -0.15) is 0 Å². The van der Waals surface area contributed by atoms with E-state index in [1.54, 1.807) is 24.3 Å². The average molecular weight is 263 g/mol. The van der Waals surface area contributed by atoms with E-state index in [1.807, 2.05) is 24.3 Å². The lowest BCUT2D eigenvalue weighted by Crippen LogP contribution is -2.07. The van der Waals surface area contributed by atoms with Crippen LogP contribution in [0.3, 0.4) is 0 Å². The van der Waals surface area contributed by atoms with Crippen LogP contribution >= 0.6 is 11.3 Å². The molecule has 0 radical (unpaired) electrons. The maximum Gasteiger partial charge on any atom is 0.134 e. The molecule has 0 aliphatic heterocycles. The fraction of sp³-hybridized carbons (Fsp3) is 0.333. The highest BCUT2D eigenvalue weighted by molar-refractivity contribution is 7.15. The lowest BCUT2D eigenvalue weighted by atomic mass is 10.1. The van der Waals surface area contributed by atoms with Crippen LogP contribution in [0, 0.1) is 12.7 Å². The molecule has 0 aliphatic rings. The zero-order chi connectivity index (χ0) is 13.1. The third-order valence-corrected chi connectivity index (χ3v) is 4.30. The Bertz CT molecular complexity index is 533. The molecule has 2 N–H and O–H groups in total. The predicted octanol–water partition coefficient (Wildman–Crippen LogP) is 4.66. The quantitative estimate of drug-likeness (QED) is 0.852. The maximum absolute atomic E-state index is 14.0. The first kappa shape index (κ1) is 13.2. The second-order valence-corrected chi connectivity index (χ2v) is 5.65. The van der Waals surface area contributed by atoms with Gasteiger partial charge in [0.05, 0.1) is 0 Å². The topological polar surface area (TPSA) is 26.0 Å². The maximum atomic E-state index is 14.0. The van der Waals surface area contributed by atoms with Gasteiger partial charge in [0.25, 0.3) is 0 Å². The fourth-order valence-corrected chi connectivity index (χ4v) is 3.05. The first-order chi connectivity index (χ1) is 8.63. The smallest absolute Gasteiger partial charge is 0.134 e. The van der Waals surface area contributed by atoms with Crippen LogP contribution in [-0.2, 0) is 0 Å². The average Bonchev–Trinajstić information content (AvgIpc) is 2.82. The molecule has 1 aromatic carbocycles. The highest BCUT2D eigenvalue weighted by Gasteiger charge is 2.12. The Kier molecular flexibility index (Phi) is 4.15. The summed E-state index contributed by atoms with van der Waals surface area (Å²) in [6.45, 7) is 3.91. The van der Waals surface area contributed by atoms with Crippen LogP contribution in [0.25, 0.3) is 10.4 Å². The summed E-state index contributed by atoms with van der Waals surface area (Å²) >= 11 is 1.59. The molecule has 0 bridgehead atoms. The molecule has 0 saturated carbocycles. The number of rotatable bonds is 4. The van der Waals surface area contributed by atoms with Crippen LogP contribution in [0.4, 0.5) is 4.39 Å². The lowest BCUT2D eigenvalue weighted by molar-refractivity contribution is 0.622. The summed E-state index contributed by atoms with van der Waals surface area (Å²) in [7, 11) is 0. The van der Waals surface area contributed by atoms with Crippen LogP contribution < -0.4 is 5.73 Å². The van der Waals surface area contributed by atoms with Gasteiger partial charge in [0.1, 0.15) is 5.82 Å². The van der Waals surface area contributed by atoms with Crippen molar-refractivity contribution in [3.63, 3.8) is 0 Å². The Balaban J connectivity index is 2.32. The normalized spacial score (nSPS) is 12.7. The van der Waals surface area contributed by atoms with Crippen molar-refractivity contribution in [1.29, 1.82) is 0 Å². The molecule has 1 atom stereocenters. The summed E-state index contributed by atoms with van der Waals surface area (Å²) in [5, 5.41) is 0. The number of benzene rings is 1. The van der Waals surface area contributed by atoms with Gasteiger partial charge in [-0.15, -0.1) is 11.3 Å². The fourth-order valence-electron chi connectivity index (χ4n) is 1.99. The number of aryl methyl sites for hydroxylation is 1. The molecule has 2 rings (SSSR count). The first-order valence-corrected chi connectivity index (χ1v) is 7.06. The van der Waals surface area contributed by atoms with Crippen molar-refractivity contribution in [3.8, 4) is 10.4 Å². The number of halogens is 1. The summed E-state index contributed by atoms with van der Waals surface area (Å²) in [5.74, 6) is -0.130. The van der Waals surface area contributed by atoms with Crippen molar-refractivity contribution < 1.29 is 4.39 Å². The summed E-state index contributed by atoms with van der Waals surface area (Å²) in [4.78, 5) is 2.09. The molecule has 1 aromatic heterocycles. The van der Waals surface area contributed by atoms with E-state index in [-0.39, 0.29) is 11.9 Å². The van der Waals surface area contributed by atoms with Gasteiger partial charge < -0.3 is 5.73 Å². The lowest BCUT2D eigenvalue weighted by Gasteiger charge is -2.07. The molecule has 0 saturated heterocycles. The van der Waals surface area contributed by atoms with E-state index in [4.69, 9.17) is 5.73 Å². The van der Waals surface area contributed by atoms with E-state index in [1.165, 1.54) is 0 Å². The van der Waals surface area contributed by atoms with Gasteiger partial charge in [-0.25, -0.2) is 4.39 Å². The molecule has 96 valence electrons. The van der Waals surface area contributed by atoms with Crippen LogP contribution in [-0.4, -0.2) is 0 Å². The number of hydrogen-bond donors (Lipinski definition) is 1. The van der Waals surface area contributed by atoms with Crippen molar-refractivity contribution >= 4 is 11.3 Å². The third kappa shape index (κ3) is 2.62. The van der Waals surface area contributed by atoms with Gasteiger partial charge in [0.2, 0.25) is 0 Å². The van der Waals surface area contributed by atoms with Crippen LogP contribution in [0.5, 0.6) is 0 Å². The van der Waals surface area contributed by atoms with Gasteiger partial charge in [-0.1, -0.05) is 31.5 Å². The summed E-state index contributed by atoms with van der Waals surface area (Å²) < 4.78 is 14.0. The largest absolute Gasteiger partial charge is 0.323 e. The van der Waals surface area contributed by atoms with E-state index in [2.05, 4.69) is 6.92 Å². The summed E-state index contributed by atoms with van der Waals surface area (Å²) in [6, 6.07) is 9.55. The molecule has 18 heavy (non-hydrogen) atoms. The van der Waals surface area contributed by atoms with Gasteiger partial charge in [0.15, 0.2) is 0 Å². The van der Waals surface area contributed by atoms with E-state index < -0.39 is 0 Å². The molecule has 1 heterocycles. The molecule has 0 fully saturated rings. The van der Waals surface area contributed by atoms with Crippen LogP contribution in [0.1, 0.15) is 36.2 Å². The second-order valence-electron chi connectivity index (χ2n) is 4.53. The van der Waals surface area contributed by atoms with Crippen LogP contribution in [0.15, 0.2) is 30.3 Å². The minimum atomic E-state index is -0.130. The summed E-state index contributed by atoms with van der Waals surface area (Å²) in [6.07, 6.45) is 2.03. The zero-order valence-electron chi connectivity index (χ0n) is 10.7. The van der Waals surface area contributed by atoms with Crippen molar-refractivity contribution in [2.75, 3.05) is 0 Å². The molecule has 0 spiro atoms. The molecule has 1 unspecified atom stereocenters. The molecular formula is C15H18FNS. The van der Waals surface area contributed by atoms with Crippen molar-refractivity contribution in [3.05, 3.63) is 46.6 Å². The van der Waals surface area contributed by atoms with Crippen molar-refractivity contribution in [2.24, 2.45) is 5.73 Å². The van der Waals surface area contributed by atoms with E-state index in [0.717, 1.165) is 22.6 Å². The van der Waals surface area contributed by atoms with Gasteiger partial charge in [-0.05, 0) is 31.0 Å². The number of hydrogen-bond acceptors (Lipinski definition) is 2. The molecule has 3 heteroatoms. The SMILES string of the molecule is CCCC(N)c1ccc(-c2cccc(C)c2F)s1. The van der Waals surface area contributed by atoms with E-state index >= 15 is 0 Å². The Morgan fingerprint density at radius 1 is 1.28 bits per heavy atom. The standard InChI is InChI=1S/C15H18FNS/c1-3-5-12(17)14-9-8-13(18-14)11-7-4-6-10(2)15(11)16/h4,6-9,12H,3,5,17H2,1-2H3. The highest BCUT2D eigenvalue weighted by Crippen LogP contribution is 2.34. The first-order valence-electron chi connectivity index (χ1n) is 6.24. The highest BCUT2D eigenvalue weighted by atomic mass is 32.1. The minimum Gasteiger partial charge on any atom is -0.323 e. The molecule has 2 aromatic rings. The monoisotopic (exact) mass is 263 g/mol. The summed E-state index contributed by atoms with van der Waals surface area (Å²) in [5.41, 5.74) is 7.44. The number of nitrogens with two attached hydrogens (primary N) is 1. The van der Waals surface area contributed by atoms with Gasteiger partial charge in [-0.3, -0.25) is 0 Å². The van der Waals surface area contributed by atoms with Gasteiger partial charge >= 0.3 is 0 Å². The van der Waals surface area contributed by atoms with E-state index in [9.17, 15) is 4.39 Å². The van der Waals surface area contributed by atoms with Crippen molar-refractivity contribution in [1.82, 2.24) is 0 Å². The Morgan fingerprint density at radius 3 is 2.78 bits per heavy atom. The number of thiophene rings is 1. The third-order valence-electron chi connectivity index (χ3n) is 3.05. The minimum absolute atomic E-state index is 0.0709. The van der Waals surface area contributed by atoms with Crippen LogP contribution in [0.2, 0.25) is 0 Å². The second kappa shape index (κ2) is 5.63. The zero-order valence-corrected chi connectivity index (χ0v) is 11.6. The Labute approximate surface area is 111 Å². The van der Waals surface area contributed by atoms with Gasteiger partial charge in [0, 0.05) is 21.4 Å². The Hall–Kier alpha value is -1.19. The van der Waals surface area contributed by atoms with Crippen molar-refractivity contribution in [2.45, 2.75) is 32.7 Å².